The van der Waals surface area contributed by atoms with Crippen LogP contribution in [0.5, 0.6) is 0 Å². The number of nitrogens with zero attached hydrogens (tertiary/aromatic N) is 1. The average molecular weight is 249 g/mol. The van der Waals surface area contributed by atoms with Gasteiger partial charge in [-0.05, 0) is 37.8 Å². The number of nitro groups is 1. The van der Waals surface area contributed by atoms with Crippen molar-refractivity contribution in [3.63, 3.8) is 0 Å². The quantitative estimate of drug-likeness (QED) is 0.482. The molecule has 1 aliphatic rings. The Morgan fingerprint density at radius 2 is 2.22 bits per heavy atom. The van der Waals surface area contributed by atoms with Crippen molar-refractivity contribution >= 4 is 17.3 Å². The Morgan fingerprint density at radius 1 is 1.56 bits per heavy atom. The molecule has 0 radical (unpaired) electrons. The lowest BCUT2D eigenvalue weighted by Crippen LogP contribution is -2.34. The maximum Gasteiger partial charge on any atom is 0.282 e. The van der Waals surface area contributed by atoms with E-state index >= 15 is 0 Å². The Balaban J connectivity index is 2.22. The van der Waals surface area contributed by atoms with E-state index in [9.17, 15) is 14.9 Å². The molecular weight excluding hydrogens is 234 g/mol. The number of anilines is 1. The van der Waals surface area contributed by atoms with Crippen molar-refractivity contribution in [2.24, 2.45) is 5.92 Å². The van der Waals surface area contributed by atoms with Crippen LogP contribution in [-0.2, 0) is 0 Å². The van der Waals surface area contributed by atoms with Crippen LogP contribution in [0, 0.1) is 16.0 Å². The van der Waals surface area contributed by atoms with Crippen LogP contribution in [0.1, 0.15) is 30.1 Å². The molecule has 0 saturated heterocycles. The minimum Gasteiger partial charge on any atom is -0.399 e. The van der Waals surface area contributed by atoms with Gasteiger partial charge in [-0.15, -0.1) is 0 Å². The topological polar surface area (TPSA) is 98.3 Å². The number of nitro benzene ring substituents is 1. The highest BCUT2D eigenvalue weighted by atomic mass is 16.6. The summed E-state index contributed by atoms with van der Waals surface area (Å²) in [5.74, 6) is 0.0578. The van der Waals surface area contributed by atoms with Gasteiger partial charge in [-0.3, -0.25) is 14.9 Å². The Bertz CT molecular complexity index is 497. The highest BCUT2D eigenvalue weighted by Gasteiger charge is 2.30. The van der Waals surface area contributed by atoms with Crippen LogP contribution in [0.3, 0.4) is 0 Å². The van der Waals surface area contributed by atoms with E-state index in [4.69, 9.17) is 5.73 Å². The molecule has 1 aliphatic carbocycles. The molecule has 1 atom stereocenters. The second kappa shape index (κ2) is 4.64. The van der Waals surface area contributed by atoms with E-state index in [1.165, 1.54) is 18.2 Å². The third-order valence-corrected chi connectivity index (χ3v) is 3.15. The molecule has 1 aromatic carbocycles. The summed E-state index contributed by atoms with van der Waals surface area (Å²) >= 11 is 0. The van der Waals surface area contributed by atoms with E-state index in [-0.39, 0.29) is 17.3 Å². The maximum atomic E-state index is 12.0. The fraction of sp³-hybridized carbons (Fsp3) is 0.417. The molecule has 0 heterocycles. The first-order valence-electron chi connectivity index (χ1n) is 5.84. The van der Waals surface area contributed by atoms with Gasteiger partial charge in [0.1, 0.15) is 5.56 Å². The maximum absolute atomic E-state index is 12.0. The van der Waals surface area contributed by atoms with E-state index < -0.39 is 10.8 Å². The van der Waals surface area contributed by atoms with E-state index in [0.29, 0.717) is 11.6 Å². The van der Waals surface area contributed by atoms with Crippen molar-refractivity contribution in [2.45, 2.75) is 25.8 Å². The average Bonchev–Trinajstić information content (AvgIpc) is 3.11. The molecule has 0 aromatic heterocycles. The summed E-state index contributed by atoms with van der Waals surface area (Å²) in [6.45, 7) is 1.91. The van der Waals surface area contributed by atoms with Gasteiger partial charge in [0.15, 0.2) is 0 Å². The van der Waals surface area contributed by atoms with Crippen molar-refractivity contribution in [1.82, 2.24) is 5.32 Å². The first-order chi connectivity index (χ1) is 8.49. The van der Waals surface area contributed by atoms with E-state index in [1.807, 2.05) is 6.92 Å². The molecule has 1 amide bonds. The number of nitrogen functional groups attached to an aromatic ring is 1. The van der Waals surface area contributed by atoms with Crippen molar-refractivity contribution in [3.8, 4) is 0 Å². The Morgan fingerprint density at radius 3 is 2.78 bits per heavy atom. The zero-order valence-electron chi connectivity index (χ0n) is 10.1. The van der Waals surface area contributed by atoms with E-state index in [0.717, 1.165) is 12.8 Å². The van der Waals surface area contributed by atoms with Gasteiger partial charge in [-0.1, -0.05) is 0 Å². The molecule has 0 aliphatic heterocycles. The fourth-order valence-corrected chi connectivity index (χ4v) is 1.89. The van der Waals surface area contributed by atoms with Crippen LogP contribution in [0.4, 0.5) is 11.4 Å². The van der Waals surface area contributed by atoms with Crippen molar-refractivity contribution < 1.29 is 9.72 Å². The SMILES string of the molecule is CC(NC(=O)c1cc(N)ccc1[N+](=O)[O-])C1CC1. The van der Waals surface area contributed by atoms with Crippen LogP contribution < -0.4 is 11.1 Å². The molecule has 2 rings (SSSR count). The van der Waals surface area contributed by atoms with Crippen LogP contribution in [0.25, 0.3) is 0 Å². The van der Waals surface area contributed by atoms with Gasteiger partial charge in [-0.25, -0.2) is 0 Å². The number of hydrogen-bond donors (Lipinski definition) is 2. The molecule has 0 spiro atoms. The predicted octanol–water partition coefficient (Wildman–Crippen LogP) is 1.71. The molecule has 1 unspecified atom stereocenters. The van der Waals surface area contributed by atoms with Gasteiger partial charge >= 0.3 is 0 Å². The Kier molecular flexibility index (Phi) is 3.18. The number of benzene rings is 1. The lowest BCUT2D eigenvalue weighted by Gasteiger charge is -2.13. The van der Waals surface area contributed by atoms with Crippen LogP contribution in [0.15, 0.2) is 18.2 Å². The van der Waals surface area contributed by atoms with Gasteiger partial charge in [0, 0.05) is 17.8 Å². The van der Waals surface area contributed by atoms with Crippen molar-refractivity contribution in [1.29, 1.82) is 0 Å². The summed E-state index contributed by atoms with van der Waals surface area (Å²) in [6, 6.07) is 4.05. The minimum absolute atomic E-state index is 0.0208. The van der Waals surface area contributed by atoms with Gasteiger partial charge in [0.2, 0.25) is 0 Å². The number of nitrogens with two attached hydrogens (primary N) is 1. The van der Waals surface area contributed by atoms with Gasteiger partial charge in [0.25, 0.3) is 11.6 Å². The second-order valence-electron chi connectivity index (χ2n) is 4.63. The smallest absolute Gasteiger partial charge is 0.282 e. The molecule has 18 heavy (non-hydrogen) atoms. The summed E-state index contributed by atoms with van der Waals surface area (Å²) < 4.78 is 0. The molecule has 6 nitrogen and oxygen atoms in total. The van der Waals surface area contributed by atoms with Gasteiger partial charge < -0.3 is 11.1 Å². The summed E-state index contributed by atoms with van der Waals surface area (Å²) in [4.78, 5) is 22.3. The molecule has 3 N–H and O–H groups in total. The van der Waals surface area contributed by atoms with Crippen molar-refractivity contribution in [3.05, 3.63) is 33.9 Å². The third kappa shape index (κ3) is 2.58. The second-order valence-corrected chi connectivity index (χ2v) is 4.63. The number of hydrogen-bond acceptors (Lipinski definition) is 4. The van der Waals surface area contributed by atoms with Gasteiger partial charge in [-0.2, -0.15) is 0 Å². The summed E-state index contributed by atoms with van der Waals surface area (Å²) in [5, 5.41) is 13.6. The molecular formula is C12H15N3O3. The standard InChI is InChI=1S/C12H15N3O3/c1-7(8-2-3-8)14-12(16)10-6-9(13)4-5-11(10)15(17)18/h4-8H,2-3,13H2,1H3,(H,14,16). The number of carbonyl (C=O) groups excluding carboxylic acids is 1. The van der Waals surface area contributed by atoms with E-state index in [1.54, 1.807) is 0 Å². The highest BCUT2D eigenvalue weighted by Crippen LogP contribution is 2.32. The monoisotopic (exact) mass is 249 g/mol. The molecule has 96 valence electrons. The molecule has 1 aromatic rings. The Hall–Kier alpha value is -2.11. The molecule has 1 saturated carbocycles. The lowest BCUT2D eigenvalue weighted by molar-refractivity contribution is -0.385. The highest BCUT2D eigenvalue weighted by molar-refractivity contribution is 5.99. The first kappa shape index (κ1) is 12.3. The molecule has 0 bridgehead atoms. The zero-order valence-corrected chi connectivity index (χ0v) is 10.1. The van der Waals surface area contributed by atoms with Crippen LogP contribution >= 0.6 is 0 Å². The summed E-state index contributed by atoms with van der Waals surface area (Å²) in [5.41, 5.74) is 5.71. The third-order valence-electron chi connectivity index (χ3n) is 3.15. The predicted molar refractivity (Wildman–Crippen MR) is 67.2 cm³/mol. The largest absolute Gasteiger partial charge is 0.399 e. The van der Waals surface area contributed by atoms with Gasteiger partial charge in [0.05, 0.1) is 4.92 Å². The fourth-order valence-electron chi connectivity index (χ4n) is 1.89. The minimum atomic E-state index is -0.573. The summed E-state index contributed by atoms with van der Waals surface area (Å²) in [7, 11) is 0. The summed E-state index contributed by atoms with van der Waals surface area (Å²) in [6.07, 6.45) is 2.20. The van der Waals surface area contributed by atoms with Crippen LogP contribution in [-0.4, -0.2) is 16.9 Å². The number of nitrogens with one attached hydrogen (secondary N) is 1. The van der Waals surface area contributed by atoms with E-state index in [2.05, 4.69) is 5.32 Å². The normalized spacial score (nSPS) is 16.1. The molecule has 6 heteroatoms. The number of amides is 1. The molecule has 1 fully saturated rings. The Labute approximate surface area is 104 Å². The zero-order chi connectivity index (χ0) is 13.3. The number of carbonyl (C=O) groups is 1. The van der Waals surface area contributed by atoms with Crippen molar-refractivity contribution in [2.75, 3.05) is 5.73 Å². The van der Waals surface area contributed by atoms with Crippen LogP contribution in [0.2, 0.25) is 0 Å². The lowest BCUT2D eigenvalue weighted by atomic mass is 10.1. The number of rotatable bonds is 4. The first-order valence-corrected chi connectivity index (χ1v) is 5.84.